The van der Waals surface area contributed by atoms with Crippen molar-refractivity contribution in [2.24, 2.45) is 0 Å². The number of benzene rings is 4. The predicted octanol–water partition coefficient (Wildman–Crippen LogP) is 13.3. The van der Waals surface area contributed by atoms with Gasteiger partial charge in [0.2, 0.25) is 11.9 Å². The number of nitrogens with two attached hydrogens (primary N) is 1. The number of halogens is 3. The Hall–Kier alpha value is -7.77. The maximum Gasteiger partial charge on any atom is 0.227 e. The van der Waals surface area contributed by atoms with Crippen molar-refractivity contribution in [2.75, 3.05) is 21.7 Å². The van der Waals surface area contributed by atoms with Crippen LogP contribution < -0.4 is 21.7 Å². The number of anilines is 7. The molecule has 0 radical (unpaired) electrons. The molecule has 0 aliphatic heterocycles. The number of aromatic nitrogens is 8. The smallest absolute Gasteiger partial charge is 0.227 e. The van der Waals surface area contributed by atoms with E-state index in [0.29, 0.717) is 32.9 Å². The number of pyridine rings is 4. The number of fused-ring (bicyclic) bond motifs is 2. The van der Waals surface area contributed by atoms with Crippen molar-refractivity contribution in [2.45, 2.75) is 13.8 Å². The Morgan fingerprint density at radius 1 is 0.477 bits per heavy atom. The molecule has 10 rings (SSSR count). The summed E-state index contributed by atoms with van der Waals surface area (Å²) in [6.07, 6.45) is 10.5. The molecule has 0 fully saturated rings. The first kappa shape index (κ1) is 43.9. The molecule has 0 unspecified atom stereocenters. The molecular formula is C50H39Cl3N12. The summed E-state index contributed by atoms with van der Waals surface area (Å²) in [6.45, 7) is 4.02. The van der Waals surface area contributed by atoms with E-state index in [0.717, 1.165) is 78.2 Å². The van der Waals surface area contributed by atoms with E-state index in [1.165, 1.54) is 0 Å². The quantitative estimate of drug-likeness (QED) is 0.0843. The van der Waals surface area contributed by atoms with Crippen LogP contribution in [0, 0.1) is 13.8 Å². The number of hydrogen-bond donors (Lipinski definition) is 4. The number of aryl methyl sites for hydroxylation is 2. The molecular weight excluding hydrogens is 875 g/mol. The summed E-state index contributed by atoms with van der Waals surface area (Å²) in [6, 6.07) is 42.0. The van der Waals surface area contributed by atoms with Crippen LogP contribution in [-0.2, 0) is 0 Å². The summed E-state index contributed by atoms with van der Waals surface area (Å²) < 4.78 is 0. The van der Waals surface area contributed by atoms with E-state index in [4.69, 9.17) is 40.5 Å². The second-order valence-electron chi connectivity index (χ2n) is 14.4. The number of nitrogens with one attached hydrogen (secondary N) is 3. The lowest BCUT2D eigenvalue weighted by Crippen LogP contribution is -2.00. The molecule has 0 atom stereocenters. The number of para-hydroxylation sites is 2. The Labute approximate surface area is 390 Å². The summed E-state index contributed by atoms with van der Waals surface area (Å²) in [5.74, 6) is 1.77. The van der Waals surface area contributed by atoms with Crippen molar-refractivity contribution in [1.29, 1.82) is 0 Å². The van der Waals surface area contributed by atoms with Gasteiger partial charge >= 0.3 is 0 Å². The van der Waals surface area contributed by atoms with Crippen LogP contribution in [0.25, 0.3) is 44.3 Å². The van der Waals surface area contributed by atoms with Gasteiger partial charge in [-0.2, -0.15) is 0 Å². The summed E-state index contributed by atoms with van der Waals surface area (Å²) in [7, 11) is 0. The van der Waals surface area contributed by atoms with Crippen molar-refractivity contribution < 1.29 is 0 Å². The van der Waals surface area contributed by atoms with Gasteiger partial charge in [0, 0.05) is 87.9 Å². The fourth-order valence-corrected chi connectivity index (χ4v) is 7.37. The molecule has 0 aliphatic carbocycles. The normalized spacial score (nSPS) is 10.6. The van der Waals surface area contributed by atoms with Crippen molar-refractivity contribution in [3.05, 3.63) is 197 Å². The van der Waals surface area contributed by atoms with Crippen LogP contribution in [0.15, 0.2) is 171 Å². The first-order valence-corrected chi connectivity index (χ1v) is 21.3. The molecule has 0 spiro atoms. The molecule has 10 aromatic rings. The molecule has 6 aromatic heterocycles. The zero-order valence-corrected chi connectivity index (χ0v) is 37.2. The van der Waals surface area contributed by atoms with E-state index in [1.807, 2.05) is 141 Å². The molecule has 4 aromatic carbocycles. The van der Waals surface area contributed by atoms with Gasteiger partial charge in [0.05, 0.1) is 32.5 Å². The number of nitrogens with zero attached hydrogens (tertiary/aromatic N) is 8. The van der Waals surface area contributed by atoms with Gasteiger partial charge in [-0.15, -0.1) is 0 Å². The van der Waals surface area contributed by atoms with E-state index in [1.54, 1.807) is 43.2 Å². The second-order valence-corrected chi connectivity index (χ2v) is 15.6. The Bertz CT molecular complexity index is 3230. The topological polar surface area (TPSA) is 165 Å². The summed E-state index contributed by atoms with van der Waals surface area (Å²) >= 11 is 18.1. The van der Waals surface area contributed by atoms with Gasteiger partial charge in [0.1, 0.15) is 11.0 Å². The minimum Gasteiger partial charge on any atom is -0.399 e. The molecule has 0 aliphatic rings. The first-order valence-electron chi connectivity index (χ1n) is 20.2. The molecule has 0 saturated carbocycles. The highest BCUT2D eigenvalue weighted by Crippen LogP contribution is 2.30. The minimum absolute atomic E-state index is 0.429. The van der Waals surface area contributed by atoms with Gasteiger partial charge in [-0.05, 0) is 116 Å². The Morgan fingerprint density at radius 3 is 1.57 bits per heavy atom. The lowest BCUT2D eigenvalue weighted by atomic mass is 10.1. The predicted molar refractivity (Wildman–Crippen MR) is 266 cm³/mol. The van der Waals surface area contributed by atoms with E-state index in [-0.39, 0.29) is 0 Å². The lowest BCUT2D eigenvalue weighted by molar-refractivity contribution is 1.16. The number of rotatable bonds is 8. The van der Waals surface area contributed by atoms with Gasteiger partial charge in [-0.25, -0.2) is 29.9 Å². The van der Waals surface area contributed by atoms with Crippen LogP contribution in [0.3, 0.4) is 0 Å². The molecule has 0 saturated heterocycles. The SMILES string of the molecule is Cc1cc(N)ccc1Nc1nccc(-c2cccnc2)n1.Cc1cc(Nc2cc(Cl)c3ccccc3n2)ccc1Nc1nccc(-c2cccnc2)n1.Clc1cc(Cl)c2ccccc2n1. The van der Waals surface area contributed by atoms with Crippen LogP contribution in [0.2, 0.25) is 15.2 Å². The van der Waals surface area contributed by atoms with Crippen LogP contribution in [-0.4, -0.2) is 39.9 Å². The molecule has 65 heavy (non-hydrogen) atoms. The fraction of sp³-hybridized carbons (Fsp3) is 0.0400. The fourth-order valence-electron chi connectivity index (χ4n) is 6.59. The van der Waals surface area contributed by atoms with Gasteiger partial charge in [-0.3, -0.25) is 9.97 Å². The van der Waals surface area contributed by atoms with Crippen molar-refractivity contribution in [3.63, 3.8) is 0 Å². The highest BCUT2D eigenvalue weighted by molar-refractivity contribution is 6.37. The number of hydrogen-bond acceptors (Lipinski definition) is 12. The average molecular weight is 914 g/mol. The van der Waals surface area contributed by atoms with Crippen LogP contribution in [0.4, 0.5) is 40.5 Å². The van der Waals surface area contributed by atoms with Gasteiger partial charge in [0.15, 0.2) is 0 Å². The zero-order valence-electron chi connectivity index (χ0n) is 35.0. The third kappa shape index (κ3) is 11.4. The van der Waals surface area contributed by atoms with Gasteiger partial charge in [-0.1, -0.05) is 71.2 Å². The minimum atomic E-state index is 0.429. The standard InChI is InChI=1S/C25H19ClN6.C16H15N5.C9H5Cl2N/c1-16-13-18(29-24-14-20(26)19-6-2-3-7-23(19)30-24)8-9-21(16)31-25-28-12-10-22(32-25)17-5-4-11-27-15-17;1-11-9-13(17)4-5-14(11)20-16-19-8-6-15(21-16)12-3-2-7-18-10-12;10-7-5-9(11)12-8-4-2-1-3-6(7)8/h2-15H,1H3,(H,29,30)(H,28,31,32);2-10H,17H2,1H3,(H,19,20,21);1-5H. The summed E-state index contributed by atoms with van der Waals surface area (Å²) in [4.78, 5) is 34.7. The Balaban J connectivity index is 0.000000149. The molecule has 320 valence electrons. The monoisotopic (exact) mass is 912 g/mol. The maximum absolute atomic E-state index is 6.42. The van der Waals surface area contributed by atoms with Gasteiger partial charge < -0.3 is 21.7 Å². The zero-order chi connectivity index (χ0) is 45.1. The van der Waals surface area contributed by atoms with Crippen molar-refractivity contribution in [3.8, 4) is 22.5 Å². The maximum atomic E-state index is 6.42. The van der Waals surface area contributed by atoms with E-state index < -0.39 is 0 Å². The number of nitrogen functional groups attached to an aromatic ring is 1. The third-order valence-electron chi connectivity index (χ3n) is 9.77. The van der Waals surface area contributed by atoms with Crippen LogP contribution in [0.1, 0.15) is 11.1 Å². The largest absolute Gasteiger partial charge is 0.399 e. The highest BCUT2D eigenvalue weighted by Gasteiger charge is 2.09. The molecule has 12 nitrogen and oxygen atoms in total. The van der Waals surface area contributed by atoms with E-state index in [9.17, 15) is 0 Å². The highest BCUT2D eigenvalue weighted by atomic mass is 35.5. The van der Waals surface area contributed by atoms with Crippen molar-refractivity contribution in [1.82, 2.24) is 39.9 Å². The summed E-state index contributed by atoms with van der Waals surface area (Å²) in [5.41, 5.74) is 16.6. The van der Waals surface area contributed by atoms with Crippen LogP contribution >= 0.6 is 34.8 Å². The molecule has 15 heteroatoms. The van der Waals surface area contributed by atoms with Gasteiger partial charge in [0.25, 0.3) is 0 Å². The van der Waals surface area contributed by atoms with Crippen LogP contribution in [0.5, 0.6) is 0 Å². The Morgan fingerprint density at radius 2 is 1.02 bits per heavy atom. The summed E-state index contributed by atoms with van der Waals surface area (Å²) in [5, 5.41) is 13.5. The average Bonchev–Trinajstić information content (AvgIpc) is 3.32. The lowest BCUT2D eigenvalue weighted by Gasteiger charge is -2.12. The first-order chi connectivity index (χ1) is 31.6. The third-order valence-corrected chi connectivity index (χ3v) is 10.6. The van der Waals surface area contributed by atoms with E-state index in [2.05, 4.69) is 55.8 Å². The Kier molecular flexibility index (Phi) is 13.9. The molecule has 0 bridgehead atoms. The second kappa shape index (κ2) is 20.6. The van der Waals surface area contributed by atoms with Crippen molar-refractivity contribution >= 4 is 97.1 Å². The molecule has 0 amide bonds. The molecule has 5 N–H and O–H groups in total. The molecule has 6 heterocycles. The van der Waals surface area contributed by atoms with E-state index >= 15 is 0 Å².